The summed E-state index contributed by atoms with van der Waals surface area (Å²) in [5.41, 5.74) is 0.169. The van der Waals surface area contributed by atoms with Crippen LogP contribution in [0.4, 0.5) is 5.82 Å². The monoisotopic (exact) mass is 365 g/mol. The van der Waals surface area contributed by atoms with E-state index < -0.39 is 10.0 Å². The van der Waals surface area contributed by atoms with Crippen molar-refractivity contribution in [3.8, 4) is 0 Å². The summed E-state index contributed by atoms with van der Waals surface area (Å²) in [4.78, 5) is 7.00. The molecule has 1 unspecified atom stereocenters. The van der Waals surface area contributed by atoms with Gasteiger partial charge >= 0.3 is 0 Å². The number of ether oxygens (including phenoxy) is 1. The zero-order chi connectivity index (χ0) is 17.3. The quantitative estimate of drug-likeness (QED) is 0.822. The predicted molar refractivity (Wildman–Crippen MR) is 96.2 cm³/mol. The molecule has 3 saturated heterocycles. The van der Waals surface area contributed by atoms with Crippen LogP contribution >= 0.6 is 0 Å². The van der Waals surface area contributed by atoms with Crippen molar-refractivity contribution in [2.75, 3.05) is 44.3 Å². The second-order valence-corrected chi connectivity index (χ2v) is 9.52. The highest BCUT2D eigenvalue weighted by Gasteiger charge is 2.41. The van der Waals surface area contributed by atoms with Gasteiger partial charge in [0, 0.05) is 44.4 Å². The third-order valence-corrected chi connectivity index (χ3v) is 7.75. The molecule has 0 bridgehead atoms. The summed E-state index contributed by atoms with van der Waals surface area (Å²) in [5.74, 6) is 0.621. The molecule has 1 aromatic rings. The molecular formula is C18H27N3O3S. The van der Waals surface area contributed by atoms with Gasteiger partial charge in [-0.2, -0.15) is 4.31 Å². The molecule has 4 rings (SSSR count). The van der Waals surface area contributed by atoms with Gasteiger partial charge in [0.25, 0.3) is 0 Å². The molecule has 1 atom stereocenters. The second kappa shape index (κ2) is 6.85. The summed E-state index contributed by atoms with van der Waals surface area (Å²) in [6.07, 6.45) is 8.00. The maximum Gasteiger partial charge on any atom is 0.246 e. The first-order valence-electron chi connectivity index (χ1n) is 9.39. The Labute approximate surface area is 150 Å². The van der Waals surface area contributed by atoms with Gasteiger partial charge in [-0.05, 0) is 44.2 Å². The number of pyridine rings is 1. The Morgan fingerprint density at radius 1 is 1.08 bits per heavy atom. The molecule has 0 aliphatic carbocycles. The molecule has 0 saturated carbocycles. The maximum atomic E-state index is 13.2. The fourth-order valence-electron chi connectivity index (χ4n) is 4.41. The van der Waals surface area contributed by atoms with Crippen LogP contribution in [0.3, 0.4) is 0 Å². The van der Waals surface area contributed by atoms with Gasteiger partial charge < -0.3 is 9.64 Å². The average Bonchev–Trinajstić information content (AvgIpc) is 3.06. The number of hydrogen-bond acceptors (Lipinski definition) is 5. The van der Waals surface area contributed by atoms with E-state index in [4.69, 9.17) is 4.74 Å². The van der Waals surface area contributed by atoms with Crippen molar-refractivity contribution in [3.05, 3.63) is 18.3 Å². The van der Waals surface area contributed by atoms with E-state index in [1.807, 2.05) is 0 Å². The van der Waals surface area contributed by atoms with Crippen molar-refractivity contribution >= 4 is 15.8 Å². The number of piperidine rings is 1. The summed E-state index contributed by atoms with van der Waals surface area (Å²) in [7, 11) is -3.47. The molecular weight excluding hydrogens is 338 g/mol. The molecule has 3 aliphatic heterocycles. The molecule has 1 aromatic heterocycles. The fraction of sp³-hybridized carbons (Fsp3) is 0.722. The molecule has 0 radical (unpaired) electrons. The van der Waals surface area contributed by atoms with Crippen LogP contribution in [-0.4, -0.2) is 57.1 Å². The Kier molecular flexibility index (Phi) is 4.73. The Morgan fingerprint density at radius 3 is 2.68 bits per heavy atom. The lowest BCUT2D eigenvalue weighted by Crippen LogP contribution is -2.38. The number of rotatable bonds is 3. The highest BCUT2D eigenvalue weighted by Crippen LogP contribution is 2.41. The number of sulfonamides is 1. The predicted octanol–water partition coefficient (Wildman–Crippen LogP) is 2.26. The molecule has 25 heavy (non-hydrogen) atoms. The van der Waals surface area contributed by atoms with Gasteiger partial charge in [-0.1, -0.05) is 6.42 Å². The topological polar surface area (TPSA) is 62.7 Å². The van der Waals surface area contributed by atoms with E-state index in [1.54, 1.807) is 22.6 Å². The SMILES string of the molecule is O=S(=O)(c1cccnc1N1CCC2(CCCOC2)C1)N1CCCCC1. The zero-order valence-electron chi connectivity index (χ0n) is 14.7. The van der Waals surface area contributed by atoms with Gasteiger partial charge in [-0.3, -0.25) is 0 Å². The number of hydrogen-bond donors (Lipinski definition) is 0. The summed E-state index contributed by atoms with van der Waals surface area (Å²) >= 11 is 0. The van der Waals surface area contributed by atoms with Gasteiger partial charge in [0.15, 0.2) is 0 Å². The van der Waals surface area contributed by atoms with E-state index in [9.17, 15) is 8.42 Å². The first kappa shape index (κ1) is 17.2. The average molecular weight is 365 g/mol. The maximum absolute atomic E-state index is 13.2. The van der Waals surface area contributed by atoms with Crippen molar-refractivity contribution in [1.82, 2.24) is 9.29 Å². The van der Waals surface area contributed by atoms with Crippen LogP contribution in [0.5, 0.6) is 0 Å². The van der Waals surface area contributed by atoms with Gasteiger partial charge in [-0.15, -0.1) is 0 Å². The Morgan fingerprint density at radius 2 is 1.92 bits per heavy atom. The van der Waals surface area contributed by atoms with Crippen LogP contribution in [0.25, 0.3) is 0 Å². The smallest absolute Gasteiger partial charge is 0.246 e. The van der Waals surface area contributed by atoms with E-state index in [0.29, 0.717) is 23.8 Å². The Bertz CT molecular complexity index is 710. The summed E-state index contributed by atoms with van der Waals surface area (Å²) in [6, 6.07) is 3.45. The van der Waals surface area contributed by atoms with Gasteiger partial charge in [0.1, 0.15) is 10.7 Å². The van der Waals surface area contributed by atoms with Crippen LogP contribution in [0.1, 0.15) is 38.5 Å². The lowest BCUT2D eigenvalue weighted by molar-refractivity contribution is 0.00435. The van der Waals surface area contributed by atoms with Crippen LogP contribution in [0.15, 0.2) is 23.2 Å². The minimum absolute atomic E-state index is 0.169. The molecule has 1 spiro atoms. The number of anilines is 1. The minimum Gasteiger partial charge on any atom is -0.381 e. The van der Waals surface area contributed by atoms with Crippen LogP contribution in [0.2, 0.25) is 0 Å². The van der Waals surface area contributed by atoms with E-state index in [2.05, 4.69) is 9.88 Å². The summed E-state index contributed by atoms with van der Waals surface area (Å²) in [6.45, 7) is 4.56. The van der Waals surface area contributed by atoms with E-state index in [0.717, 1.165) is 64.8 Å². The third-order valence-electron chi connectivity index (χ3n) is 5.83. The molecule has 4 heterocycles. The van der Waals surface area contributed by atoms with Crippen LogP contribution in [-0.2, 0) is 14.8 Å². The largest absolute Gasteiger partial charge is 0.381 e. The van der Waals surface area contributed by atoms with Crippen molar-refractivity contribution < 1.29 is 13.2 Å². The summed E-state index contributed by atoms with van der Waals surface area (Å²) < 4.78 is 33.7. The first-order chi connectivity index (χ1) is 12.1. The molecule has 0 amide bonds. The minimum atomic E-state index is -3.47. The van der Waals surface area contributed by atoms with Crippen molar-refractivity contribution in [1.29, 1.82) is 0 Å². The normalized spacial score (nSPS) is 28.6. The third kappa shape index (κ3) is 3.29. The molecule has 0 N–H and O–H groups in total. The van der Waals surface area contributed by atoms with Gasteiger partial charge in [0.05, 0.1) is 6.61 Å². The van der Waals surface area contributed by atoms with E-state index in [-0.39, 0.29) is 5.41 Å². The molecule has 3 aliphatic rings. The fourth-order valence-corrected chi connectivity index (χ4v) is 6.09. The standard InChI is InChI=1S/C18H27N3O3S/c22-25(23,21-10-2-1-3-11-21)16-6-4-9-19-17(16)20-12-8-18(14-20)7-5-13-24-15-18/h4,6,9H,1-3,5,7-8,10-15H2. The van der Waals surface area contributed by atoms with Crippen molar-refractivity contribution in [2.45, 2.75) is 43.4 Å². The van der Waals surface area contributed by atoms with Crippen molar-refractivity contribution in [2.24, 2.45) is 5.41 Å². The Balaban J connectivity index is 1.61. The van der Waals surface area contributed by atoms with E-state index in [1.165, 1.54) is 0 Å². The van der Waals surface area contributed by atoms with Crippen molar-refractivity contribution in [3.63, 3.8) is 0 Å². The van der Waals surface area contributed by atoms with Crippen LogP contribution in [0, 0.1) is 5.41 Å². The first-order valence-corrected chi connectivity index (χ1v) is 10.8. The zero-order valence-corrected chi connectivity index (χ0v) is 15.5. The van der Waals surface area contributed by atoms with Gasteiger partial charge in [-0.25, -0.2) is 13.4 Å². The number of aromatic nitrogens is 1. The molecule has 6 nitrogen and oxygen atoms in total. The lowest BCUT2D eigenvalue weighted by atomic mass is 9.82. The number of nitrogens with zero attached hydrogens (tertiary/aromatic N) is 3. The highest BCUT2D eigenvalue weighted by atomic mass is 32.2. The second-order valence-electron chi connectivity index (χ2n) is 7.62. The lowest BCUT2D eigenvalue weighted by Gasteiger charge is -2.33. The van der Waals surface area contributed by atoms with E-state index >= 15 is 0 Å². The molecule has 7 heteroatoms. The Hall–Kier alpha value is -1.18. The molecule has 3 fully saturated rings. The van der Waals surface area contributed by atoms with Gasteiger partial charge in [0.2, 0.25) is 10.0 Å². The summed E-state index contributed by atoms with van der Waals surface area (Å²) in [5, 5.41) is 0. The van der Waals surface area contributed by atoms with Crippen LogP contribution < -0.4 is 4.90 Å². The molecule has 138 valence electrons. The highest BCUT2D eigenvalue weighted by molar-refractivity contribution is 7.89. The molecule has 0 aromatic carbocycles.